The fraction of sp³-hybridized carbons (Fsp3) is 0.316. The Labute approximate surface area is 156 Å². The normalized spacial score (nSPS) is 10.4. The number of methoxy groups -OCH3 is 2. The van der Waals surface area contributed by atoms with Gasteiger partial charge in [-0.1, -0.05) is 18.2 Å². The van der Waals surface area contributed by atoms with E-state index in [1.165, 1.54) is 12.1 Å². The Morgan fingerprint density at radius 2 is 1.63 bits per heavy atom. The highest BCUT2D eigenvalue weighted by atomic mass is 19.3. The summed E-state index contributed by atoms with van der Waals surface area (Å²) >= 11 is 0. The molecule has 0 aliphatic carbocycles. The summed E-state index contributed by atoms with van der Waals surface area (Å²) in [5, 5.41) is 5.50. The maximum Gasteiger partial charge on any atom is 0.387 e. The smallest absolute Gasteiger partial charge is 0.387 e. The molecule has 0 aliphatic heterocycles. The highest BCUT2D eigenvalue weighted by Crippen LogP contribution is 2.27. The van der Waals surface area contributed by atoms with Crippen LogP contribution >= 0.6 is 0 Å². The Hall–Kier alpha value is -3.03. The maximum absolute atomic E-state index is 12.1. The number of urea groups is 1. The van der Waals surface area contributed by atoms with Crippen molar-refractivity contribution in [2.45, 2.75) is 19.6 Å². The summed E-state index contributed by atoms with van der Waals surface area (Å²) in [4.78, 5) is 11.9. The van der Waals surface area contributed by atoms with Gasteiger partial charge in [0, 0.05) is 13.1 Å². The third-order valence-electron chi connectivity index (χ3n) is 3.75. The van der Waals surface area contributed by atoms with E-state index in [2.05, 4.69) is 15.4 Å². The first-order chi connectivity index (χ1) is 13.0. The third kappa shape index (κ3) is 6.65. The van der Waals surface area contributed by atoms with E-state index in [-0.39, 0.29) is 11.8 Å². The molecule has 0 unspecified atom stereocenters. The standard InChI is InChI=1S/C19H22F2N2O4/c1-25-16-8-5-14(11-17(16)26-2)12-23-19(24)22-10-9-13-3-6-15(7-4-13)27-18(20)21/h3-8,11,18H,9-10,12H2,1-2H3,(H2,22,23,24). The summed E-state index contributed by atoms with van der Waals surface area (Å²) < 4.78 is 38.9. The lowest BCUT2D eigenvalue weighted by molar-refractivity contribution is -0.0498. The Morgan fingerprint density at radius 1 is 0.963 bits per heavy atom. The zero-order valence-electron chi connectivity index (χ0n) is 15.1. The van der Waals surface area contributed by atoms with Crippen molar-refractivity contribution in [3.63, 3.8) is 0 Å². The Morgan fingerprint density at radius 3 is 2.26 bits per heavy atom. The molecule has 146 valence electrons. The fourth-order valence-electron chi connectivity index (χ4n) is 2.39. The summed E-state index contributed by atoms with van der Waals surface area (Å²) in [6.07, 6.45) is 0.568. The molecule has 6 nitrogen and oxygen atoms in total. The van der Waals surface area contributed by atoms with Crippen molar-refractivity contribution in [1.29, 1.82) is 0 Å². The van der Waals surface area contributed by atoms with Gasteiger partial charge in [-0.3, -0.25) is 0 Å². The van der Waals surface area contributed by atoms with Gasteiger partial charge in [0.15, 0.2) is 11.5 Å². The molecule has 8 heteroatoms. The predicted molar refractivity (Wildman–Crippen MR) is 96.6 cm³/mol. The molecular weight excluding hydrogens is 358 g/mol. The van der Waals surface area contributed by atoms with Crippen LogP contribution in [0.5, 0.6) is 17.2 Å². The van der Waals surface area contributed by atoms with Gasteiger partial charge in [-0.05, 0) is 41.8 Å². The van der Waals surface area contributed by atoms with Crippen molar-refractivity contribution in [3.8, 4) is 17.2 Å². The van der Waals surface area contributed by atoms with E-state index in [9.17, 15) is 13.6 Å². The van der Waals surface area contributed by atoms with Crippen LogP contribution in [0.4, 0.5) is 13.6 Å². The van der Waals surface area contributed by atoms with E-state index >= 15 is 0 Å². The summed E-state index contributed by atoms with van der Waals surface area (Å²) in [7, 11) is 3.11. The minimum atomic E-state index is -2.84. The van der Waals surface area contributed by atoms with E-state index in [1.807, 2.05) is 6.07 Å². The van der Waals surface area contributed by atoms with Crippen molar-refractivity contribution >= 4 is 6.03 Å². The summed E-state index contributed by atoms with van der Waals surface area (Å²) in [5.74, 6) is 1.32. The van der Waals surface area contributed by atoms with Crippen LogP contribution in [0.25, 0.3) is 0 Å². The van der Waals surface area contributed by atoms with E-state index in [0.29, 0.717) is 31.0 Å². The molecule has 0 heterocycles. The number of ether oxygens (including phenoxy) is 3. The van der Waals surface area contributed by atoms with Crippen LogP contribution in [-0.2, 0) is 13.0 Å². The molecule has 2 rings (SSSR count). The second kappa shape index (κ2) is 10.2. The minimum absolute atomic E-state index is 0.106. The van der Waals surface area contributed by atoms with Crippen LogP contribution in [0.3, 0.4) is 0 Å². The van der Waals surface area contributed by atoms with Gasteiger partial charge in [0.05, 0.1) is 14.2 Å². The molecular formula is C19H22F2N2O4. The molecule has 2 aromatic rings. The Balaban J connectivity index is 1.73. The van der Waals surface area contributed by atoms with Crippen LogP contribution in [0.2, 0.25) is 0 Å². The monoisotopic (exact) mass is 380 g/mol. The second-order valence-electron chi connectivity index (χ2n) is 5.57. The van der Waals surface area contributed by atoms with Gasteiger partial charge in [-0.15, -0.1) is 0 Å². The molecule has 0 spiro atoms. The van der Waals surface area contributed by atoms with Crippen LogP contribution in [0.15, 0.2) is 42.5 Å². The summed E-state index contributed by atoms with van der Waals surface area (Å²) in [5.41, 5.74) is 1.77. The topological polar surface area (TPSA) is 68.8 Å². The van der Waals surface area contributed by atoms with Gasteiger partial charge in [0.25, 0.3) is 0 Å². The van der Waals surface area contributed by atoms with E-state index in [1.54, 1.807) is 38.5 Å². The number of rotatable bonds is 9. The zero-order valence-corrected chi connectivity index (χ0v) is 15.1. The number of hydrogen-bond donors (Lipinski definition) is 2. The third-order valence-corrected chi connectivity index (χ3v) is 3.75. The van der Waals surface area contributed by atoms with E-state index in [0.717, 1.165) is 11.1 Å². The van der Waals surface area contributed by atoms with Crippen LogP contribution in [0.1, 0.15) is 11.1 Å². The van der Waals surface area contributed by atoms with E-state index < -0.39 is 6.61 Å². The SMILES string of the molecule is COc1ccc(CNC(=O)NCCc2ccc(OC(F)F)cc2)cc1OC. The van der Waals surface area contributed by atoms with Gasteiger partial charge in [0.2, 0.25) is 0 Å². The first-order valence-corrected chi connectivity index (χ1v) is 8.28. The lowest BCUT2D eigenvalue weighted by Gasteiger charge is -2.11. The molecule has 0 saturated heterocycles. The van der Waals surface area contributed by atoms with E-state index in [4.69, 9.17) is 9.47 Å². The summed E-state index contributed by atoms with van der Waals surface area (Å²) in [6.45, 7) is -2.09. The van der Waals surface area contributed by atoms with Crippen molar-refractivity contribution in [3.05, 3.63) is 53.6 Å². The van der Waals surface area contributed by atoms with Crippen LogP contribution in [-0.4, -0.2) is 33.4 Å². The number of benzene rings is 2. The molecule has 2 amide bonds. The van der Waals surface area contributed by atoms with Crippen molar-refractivity contribution in [1.82, 2.24) is 10.6 Å². The highest BCUT2D eigenvalue weighted by Gasteiger charge is 2.07. The predicted octanol–water partition coefficient (Wildman–Crippen LogP) is 3.35. The molecule has 0 atom stereocenters. The lowest BCUT2D eigenvalue weighted by Crippen LogP contribution is -2.36. The number of hydrogen-bond acceptors (Lipinski definition) is 4. The average molecular weight is 380 g/mol. The molecule has 0 bridgehead atoms. The van der Waals surface area contributed by atoms with Gasteiger partial charge in [-0.2, -0.15) is 8.78 Å². The average Bonchev–Trinajstić information content (AvgIpc) is 2.67. The Bertz CT molecular complexity index is 739. The number of alkyl halides is 2. The fourth-order valence-corrected chi connectivity index (χ4v) is 2.39. The number of amides is 2. The molecule has 0 saturated carbocycles. The molecule has 2 aromatic carbocycles. The van der Waals surface area contributed by atoms with Crippen molar-refractivity contribution in [2.24, 2.45) is 0 Å². The minimum Gasteiger partial charge on any atom is -0.493 e. The number of carbonyl (C=O) groups is 1. The van der Waals surface area contributed by atoms with Crippen molar-refractivity contribution < 1.29 is 27.8 Å². The molecule has 2 N–H and O–H groups in total. The largest absolute Gasteiger partial charge is 0.493 e. The molecule has 0 radical (unpaired) electrons. The first kappa shape index (κ1) is 20.3. The van der Waals surface area contributed by atoms with Gasteiger partial charge in [0.1, 0.15) is 5.75 Å². The van der Waals surface area contributed by atoms with Crippen LogP contribution < -0.4 is 24.8 Å². The molecule has 0 aromatic heterocycles. The number of carbonyl (C=O) groups excluding carboxylic acids is 1. The van der Waals surface area contributed by atoms with Gasteiger partial charge in [-0.25, -0.2) is 4.79 Å². The van der Waals surface area contributed by atoms with Gasteiger partial charge < -0.3 is 24.8 Å². The second-order valence-corrected chi connectivity index (χ2v) is 5.57. The Kier molecular flexibility index (Phi) is 7.66. The van der Waals surface area contributed by atoms with Gasteiger partial charge >= 0.3 is 12.6 Å². The lowest BCUT2D eigenvalue weighted by atomic mass is 10.1. The maximum atomic E-state index is 12.1. The van der Waals surface area contributed by atoms with Crippen molar-refractivity contribution in [2.75, 3.05) is 20.8 Å². The molecule has 0 fully saturated rings. The number of halogens is 2. The summed E-state index contributed by atoms with van der Waals surface area (Å²) in [6, 6.07) is 11.4. The zero-order chi connectivity index (χ0) is 19.6. The molecule has 0 aliphatic rings. The first-order valence-electron chi connectivity index (χ1n) is 8.28. The highest BCUT2D eigenvalue weighted by molar-refractivity contribution is 5.73. The molecule has 27 heavy (non-hydrogen) atoms. The van der Waals surface area contributed by atoms with Crippen LogP contribution in [0, 0.1) is 0 Å². The number of nitrogens with one attached hydrogen (secondary N) is 2. The quantitative estimate of drug-likeness (QED) is 0.700.